The van der Waals surface area contributed by atoms with Gasteiger partial charge in [-0.1, -0.05) is 30.3 Å². The van der Waals surface area contributed by atoms with Crippen LogP contribution in [0.25, 0.3) is 5.69 Å². The van der Waals surface area contributed by atoms with Gasteiger partial charge in [0.1, 0.15) is 5.82 Å². The molecule has 2 aromatic carbocycles. The van der Waals surface area contributed by atoms with Gasteiger partial charge in [-0.25, -0.2) is 9.07 Å². The third kappa shape index (κ3) is 3.83. The van der Waals surface area contributed by atoms with Crippen LogP contribution in [0.3, 0.4) is 0 Å². The van der Waals surface area contributed by atoms with Crippen LogP contribution < -0.4 is 5.32 Å². The fraction of sp³-hybridized carbons (Fsp3) is 0.111. The van der Waals surface area contributed by atoms with Crippen molar-refractivity contribution in [3.63, 3.8) is 0 Å². The van der Waals surface area contributed by atoms with Crippen molar-refractivity contribution in [2.45, 2.75) is 12.8 Å². The Balaban J connectivity index is 1.58. The van der Waals surface area contributed by atoms with Crippen LogP contribution in [0.2, 0.25) is 0 Å². The average Bonchev–Trinajstić information content (AvgIpc) is 3.05. The van der Waals surface area contributed by atoms with Crippen LogP contribution >= 0.6 is 0 Å². The van der Waals surface area contributed by atoms with Crippen molar-refractivity contribution in [2.75, 3.05) is 5.32 Å². The highest BCUT2D eigenvalue weighted by Crippen LogP contribution is 2.14. The summed E-state index contributed by atoms with van der Waals surface area (Å²) in [6, 6.07) is 15.9. The molecule has 23 heavy (non-hydrogen) atoms. The Bertz CT molecular complexity index is 799. The Kier molecular flexibility index (Phi) is 4.47. The summed E-state index contributed by atoms with van der Waals surface area (Å²) in [5.41, 5.74) is 2.13. The maximum Gasteiger partial charge on any atom is 0.224 e. The number of rotatable bonds is 5. The molecule has 0 atom stereocenters. The number of benzene rings is 2. The van der Waals surface area contributed by atoms with E-state index in [1.165, 1.54) is 6.07 Å². The number of carbonyl (C=O) groups is 1. The van der Waals surface area contributed by atoms with E-state index in [1.54, 1.807) is 29.1 Å². The van der Waals surface area contributed by atoms with E-state index >= 15 is 0 Å². The van der Waals surface area contributed by atoms with Gasteiger partial charge in [-0.05, 0) is 36.2 Å². The number of para-hydroxylation sites is 2. The Morgan fingerprint density at radius 2 is 1.83 bits per heavy atom. The number of aromatic nitrogens is 2. The summed E-state index contributed by atoms with van der Waals surface area (Å²) in [6.45, 7) is 0. The van der Waals surface area contributed by atoms with Crippen LogP contribution in [-0.4, -0.2) is 15.7 Å². The highest BCUT2D eigenvalue weighted by Gasteiger charge is 2.08. The van der Waals surface area contributed by atoms with Gasteiger partial charge in [-0.2, -0.15) is 5.10 Å². The summed E-state index contributed by atoms with van der Waals surface area (Å²) in [6.07, 6.45) is 4.46. The minimum Gasteiger partial charge on any atom is -0.324 e. The monoisotopic (exact) mass is 309 g/mol. The maximum absolute atomic E-state index is 13.5. The number of hydrogen-bond acceptors (Lipinski definition) is 2. The van der Waals surface area contributed by atoms with Gasteiger partial charge < -0.3 is 5.32 Å². The molecule has 0 fully saturated rings. The van der Waals surface area contributed by atoms with Crippen molar-refractivity contribution in [2.24, 2.45) is 0 Å². The molecule has 1 aromatic heterocycles. The molecule has 4 nitrogen and oxygen atoms in total. The first-order valence-corrected chi connectivity index (χ1v) is 7.36. The number of nitrogens with one attached hydrogen (secondary N) is 1. The molecule has 0 aliphatic rings. The number of halogens is 1. The molecule has 0 bridgehead atoms. The van der Waals surface area contributed by atoms with Crippen LogP contribution in [0.5, 0.6) is 0 Å². The van der Waals surface area contributed by atoms with E-state index in [1.807, 2.05) is 36.5 Å². The lowest BCUT2D eigenvalue weighted by molar-refractivity contribution is -0.116. The van der Waals surface area contributed by atoms with Gasteiger partial charge in [-0.15, -0.1) is 0 Å². The molecule has 3 rings (SSSR count). The lowest BCUT2D eigenvalue weighted by atomic mass is 10.2. The van der Waals surface area contributed by atoms with E-state index in [-0.39, 0.29) is 18.0 Å². The molecule has 0 saturated heterocycles. The summed E-state index contributed by atoms with van der Waals surface area (Å²) < 4.78 is 15.2. The van der Waals surface area contributed by atoms with E-state index in [9.17, 15) is 9.18 Å². The number of amides is 1. The van der Waals surface area contributed by atoms with Gasteiger partial charge in [0.25, 0.3) is 0 Å². The SMILES string of the molecule is O=C(CCc1cnn(-c2ccccc2)c1)Nc1ccccc1F. The van der Waals surface area contributed by atoms with Gasteiger partial charge in [-0.3, -0.25) is 4.79 Å². The fourth-order valence-corrected chi connectivity index (χ4v) is 2.24. The summed E-state index contributed by atoms with van der Waals surface area (Å²) in [7, 11) is 0. The van der Waals surface area contributed by atoms with Gasteiger partial charge in [0.2, 0.25) is 5.91 Å². The van der Waals surface area contributed by atoms with Crippen LogP contribution in [0, 0.1) is 5.82 Å². The van der Waals surface area contributed by atoms with Gasteiger partial charge in [0.05, 0.1) is 17.6 Å². The Morgan fingerprint density at radius 3 is 2.61 bits per heavy atom. The predicted octanol–water partition coefficient (Wildman–Crippen LogP) is 3.58. The zero-order valence-electron chi connectivity index (χ0n) is 12.4. The minimum atomic E-state index is -0.433. The summed E-state index contributed by atoms with van der Waals surface area (Å²) in [5.74, 6) is -0.652. The van der Waals surface area contributed by atoms with Crippen molar-refractivity contribution in [3.8, 4) is 5.69 Å². The summed E-state index contributed by atoms with van der Waals surface area (Å²) in [5, 5.41) is 6.87. The number of hydrogen-bond donors (Lipinski definition) is 1. The predicted molar refractivity (Wildman–Crippen MR) is 86.9 cm³/mol. The van der Waals surface area contributed by atoms with Crippen LogP contribution in [0.15, 0.2) is 67.0 Å². The second-order valence-electron chi connectivity index (χ2n) is 5.16. The topological polar surface area (TPSA) is 46.9 Å². The molecule has 0 unspecified atom stereocenters. The molecule has 1 amide bonds. The van der Waals surface area contributed by atoms with Crippen molar-refractivity contribution in [1.29, 1.82) is 0 Å². The first-order valence-electron chi connectivity index (χ1n) is 7.36. The maximum atomic E-state index is 13.5. The molecule has 5 heteroatoms. The third-order valence-corrected chi connectivity index (χ3v) is 3.45. The van der Waals surface area contributed by atoms with E-state index in [0.29, 0.717) is 6.42 Å². The Labute approximate surface area is 133 Å². The summed E-state index contributed by atoms with van der Waals surface area (Å²) in [4.78, 5) is 11.9. The summed E-state index contributed by atoms with van der Waals surface area (Å²) >= 11 is 0. The molecule has 116 valence electrons. The van der Waals surface area contributed by atoms with Crippen LogP contribution in [0.4, 0.5) is 10.1 Å². The van der Waals surface area contributed by atoms with Crippen molar-refractivity contribution in [3.05, 3.63) is 78.4 Å². The molecule has 3 aromatic rings. The number of nitrogens with zero attached hydrogens (tertiary/aromatic N) is 2. The molecule has 0 aliphatic heterocycles. The molecule has 0 spiro atoms. The second kappa shape index (κ2) is 6.87. The lowest BCUT2D eigenvalue weighted by Crippen LogP contribution is -2.13. The molecule has 0 radical (unpaired) electrons. The third-order valence-electron chi connectivity index (χ3n) is 3.45. The normalized spacial score (nSPS) is 10.5. The van der Waals surface area contributed by atoms with Gasteiger partial charge in [0, 0.05) is 12.6 Å². The molecular weight excluding hydrogens is 293 g/mol. The van der Waals surface area contributed by atoms with E-state index in [4.69, 9.17) is 0 Å². The van der Waals surface area contributed by atoms with E-state index in [0.717, 1.165) is 11.3 Å². The highest BCUT2D eigenvalue weighted by atomic mass is 19.1. The smallest absolute Gasteiger partial charge is 0.224 e. The highest BCUT2D eigenvalue weighted by molar-refractivity contribution is 5.90. The largest absolute Gasteiger partial charge is 0.324 e. The van der Waals surface area contributed by atoms with E-state index in [2.05, 4.69) is 10.4 Å². The lowest BCUT2D eigenvalue weighted by Gasteiger charge is -2.05. The molecule has 0 aliphatic carbocycles. The zero-order valence-corrected chi connectivity index (χ0v) is 12.4. The van der Waals surface area contributed by atoms with Crippen LogP contribution in [0.1, 0.15) is 12.0 Å². The standard InChI is InChI=1S/C18H16FN3O/c19-16-8-4-5-9-17(16)21-18(23)11-10-14-12-20-22(13-14)15-6-2-1-3-7-15/h1-9,12-13H,10-11H2,(H,21,23). The minimum absolute atomic E-state index is 0.206. The average molecular weight is 309 g/mol. The van der Waals surface area contributed by atoms with Gasteiger partial charge >= 0.3 is 0 Å². The van der Waals surface area contributed by atoms with E-state index < -0.39 is 5.82 Å². The molecule has 1 N–H and O–H groups in total. The first kappa shape index (κ1) is 15.0. The Morgan fingerprint density at radius 1 is 1.09 bits per heavy atom. The zero-order chi connectivity index (χ0) is 16.1. The number of anilines is 1. The number of carbonyl (C=O) groups excluding carboxylic acids is 1. The second-order valence-corrected chi connectivity index (χ2v) is 5.16. The van der Waals surface area contributed by atoms with Crippen molar-refractivity contribution < 1.29 is 9.18 Å². The number of aryl methyl sites for hydroxylation is 1. The molecule has 0 saturated carbocycles. The van der Waals surface area contributed by atoms with Crippen LogP contribution in [-0.2, 0) is 11.2 Å². The van der Waals surface area contributed by atoms with Gasteiger partial charge in [0.15, 0.2) is 0 Å². The quantitative estimate of drug-likeness (QED) is 0.783. The Hall–Kier alpha value is -2.95. The first-order chi connectivity index (χ1) is 11.2. The van der Waals surface area contributed by atoms with Crippen molar-refractivity contribution in [1.82, 2.24) is 9.78 Å². The molecular formula is C18H16FN3O. The molecule has 1 heterocycles. The fourth-order valence-electron chi connectivity index (χ4n) is 2.24. The van der Waals surface area contributed by atoms with Crippen molar-refractivity contribution >= 4 is 11.6 Å².